The summed E-state index contributed by atoms with van der Waals surface area (Å²) in [6.45, 7) is 5.51. The van der Waals surface area contributed by atoms with Crippen LogP contribution in [0.4, 0.5) is 10.5 Å². The largest absolute Gasteiger partial charge is 0.326 e. The molecule has 3 N–H and O–H groups in total. The maximum absolute atomic E-state index is 12.9. The van der Waals surface area contributed by atoms with Crippen LogP contribution in [0.2, 0.25) is 0 Å². The van der Waals surface area contributed by atoms with Crippen molar-refractivity contribution >= 4 is 28.5 Å². The van der Waals surface area contributed by atoms with Crippen molar-refractivity contribution in [2.24, 2.45) is 5.92 Å². The molecule has 0 bridgehead atoms. The third-order valence-electron chi connectivity index (χ3n) is 4.90. The molecule has 1 unspecified atom stereocenters. The van der Waals surface area contributed by atoms with Crippen LogP contribution in [-0.2, 0) is 4.79 Å². The lowest BCUT2D eigenvalue weighted by atomic mass is 9.98. The number of aromatic nitrogens is 2. The van der Waals surface area contributed by atoms with Crippen LogP contribution >= 0.6 is 0 Å². The molecule has 3 rings (SSSR count). The highest BCUT2D eigenvalue weighted by molar-refractivity contribution is 6.03. The lowest BCUT2D eigenvalue weighted by molar-refractivity contribution is -0.119. The van der Waals surface area contributed by atoms with Gasteiger partial charge in [0.25, 0.3) is 0 Å². The number of nitrogens with one attached hydrogen (secondary N) is 3. The molecule has 3 amide bonds. The highest BCUT2D eigenvalue weighted by atomic mass is 16.2. The summed E-state index contributed by atoms with van der Waals surface area (Å²) in [4.78, 5) is 27.0. The van der Waals surface area contributed by atoms with Gasteiger partial charge in [-0.15, -0.1) is 0 Å². The molecule has 1 aromatic carbocycles. The van der Waals surface area contributed by atoms with Gasteiger partial charge in [-0.05, 0) is 24.8 Å². The van der Waals surface area contributed by atoms with E-state index in [9.17, 15) is 9.59 Å². The van der Waals surface area contributed by atoms with E-state index < -0.39 is 6.04 Å². The molecule has 0 spiro atoms. The zero-order chi connectivity index (χ0) is 17.8. The molecule has 1 aliphatic heterocycles. The van der Waals surface area contributed by atoms with Gasteiger partial charge >= 0.3 is 6.03 Å². The Morgan fingerprint density at radius 3 is 2.80 bits per heavy atom. The number of H-pyrrole nitrogens is 1. The van der Waals surface area contributed by atoms with E-state index in [1.165, 1.54) is 0 Å². The minimum Gasteiger partial charge on any atom is -0.326 e. The van der Waals surface area contributed by atoms with Crippen LogP contribution in [-0.4, -0.2) is 46.2 Å². The van der Waals surface area contributed by atoms with E-state index in [1.807, 2.05) is 32.0 Å². The van der Waals surface area contributed by atoms with Gasteiger partial charge in [0.15, 0.2) is 0 Å². The number of amides is 3. The number of nitrogens with zero attached hydrogens (tertiary/aromatic N) is 2. The smallest absolute Gasteiger partial charge is 0.318 e. The van der Waals surface area contributed by atoms with E-state index in [-0.39, 0.29) is 17.9 Å². The van der Waals surface area contributed by atoms with E-state index in [0.717, 1.165) is 43.3 Å². The molecule has 1 aliphatic rings. The summed E-state index contributed by atoms with van der Waals surface area (Å²) < 4.78 is 0. The lowest BCUT2D eigenvalue weighted by Gasteiger charge is -2.26. The fourth-order valence-corrected chi connectivity index (χ4v) is 3.13. The molecular formula is C18H25N5O2. The van der Waals surface area contributed by atoms with Gasteiger partial charge in [0.05, 0.1) is 17.4 Å². The van der Waals surface area contributed by atoms with E-state index >= 15 is 0 Å². The Morgan fingerprint density at radius 1 is 1.32 bits per heavy atom. The number of hydrogen-bond donors (Lipinski definition) is 3. The quantitative estimate of drug-likeness (QED) is 0.780. The number of urea groups is 1. The number of fused-ring (bicyclic) bond motifs is 1. The monoisotopic (exact) mass is 343 g/mol. The fraction of sp³-hybridized carbons (Fsp3) is 0.500. The standard InChI is InChI=1S/C18H25N5O2/c1-3-12(2)15(21-18(25)23-9-4-5-10-23)17(24)20-14-8-6-7-13-11-19-22-16(13)14/h6-8,11-12,15H,3-5,9-10H2,1-2H3,(H,19,22)(H,20,24)(H,21,25)/t12?,15-/m0/s1. The van der Waals surface area contributed by atoms with Crippen molar-refractivity contribution in [3.05, 3.63) is 24.4 Å². The number of hydrogen-bond acceptors (Lipinski definition) is 3. The topological polar surface area (TPSA) is 90.1 Å². The molecule has 1 saturated heterocycles. The van der Waals surface area contributed by atoms with Crippen LogP contribution in [0.5, 0.6) is 0 Å². The van der Waals surface area contributed by atoms with E-state index in [2.05, 4.69) is 20.8 Å². The third-order valence-corrected chi connectivity index (χ3v) is 4.90. The number of aromatic amines is 1. The second-order valence-electron chi connectivity index (χ2n) is 6.64. The van der Waals surface area contributed by atoms with E-state index in [4.69, 9.17) is 0 Å². The summed E-state index contributed by atoms with van der Waals surface area (Å²) in [7, 11) is 0. The first-order valence-corrected chi connectivity index (χ1v) is 8.88. The van der Waals surface area contributed by atoms with Gasteiger partial charge in [-0.3, -0.25) is 9.89 Å². The molecule has 0 radical (unpaired) electrons. The zero-order valence-electron chi connectivity index (χ0n) is 14.7. The summed E-state index contributed by atoms with van der Waals surface area (Å²) in [5.41, 5.74) is 1.45. The predicted octanol–water partition coefficient (Wildman–Crippen LogP) is 2.72. The molecule has 2 atom stereocenters. The Hall–Kier alpha value is -2.57. The first-order chi connectivity index (χ1) is 12.1. The Balaban J connectivity index is 1.74. The van der Waals surface area contributed by atoms with Crippen molar-refractivity contribution in [3.63, 3.8) is 0 Å². The number of para-hydroxylation sites is 1. The number of anilines is 1. The number of likely N-dealkylation sites (tertiary alicyclic amines) is 1. The number of benzene rings is 1. The third kappa shape index (κ3) is 3.75. The van der Waals surface area contributed by atoms with Gasteiger partial charge in [-0.2, -0.15) is 5.10 Å². The molecule has 2 heterocycles. The van der Waals surface area contributed by atoms with Crippen LogP contribution in [0.25, 0.3) is 10.9 Å². The molecule has 7 heteroatoms. The average molecular weight is 343 g/mol. The van der Waals surface area contributed by atoms with Crippen LogP contribution in [0, 0.1) is 5.92 Å². The second-order valence-corrected chi connectivity index (χ2v) is 6.64. The predicted molar refractivity (Wildman–Crippen MR) is 97.3 cm³/mol. The van der Waals surface area contributed by atoms with E-state index in [1.54, 1.807) is 11.1 Å². The van der Waals surface area contributed by atoms with Crippen molar-refractivity contribution < 1.29 is 9.59 Å². The number of rotatable bonds is 5. The molecule has 7 nitrogen and oxygen atoms in total. The maximum Gasteiger partial charge on any atom is 0.318 e. The van der Waals surface area contributed by atoms with Gasteiger partial charge < -0.3 is 15.5 Å². The number of carbonyl (C=O) groups is 2. The van der Waals surface area contributed by atoms with Gasteiger partial charge in [0, 0.05) is 18.5 Å². The Labute approximate surface area is 147 Å². The highest BCUT2D eigenvalue weighted by Gasteiger charge is 2.29. The van der Waals surface area contributed by atoms with E-state index in [0.29, 0.717) is 5.69 Å². The van der Waals surface area contributed by atoms with Crippen molar-refractivity contribution in [3.8, 4) is 0 Å². The van der Waals surface area contributed by atoms with Gasteiger partial charge in [-0.1, -0.05) is 32.4 Å². The normalized spacial score (nSPS) is 16.6. The van der Waals surface area contributed by atoms with Crippen molar-refractivity contribution in [1.29, 1.82) is 0 Å². The van der Waals surface area contributed by atoms with Crippen LogP contribution in [0.15, 0.2) is 24.4 Å². The molecule has 2 aromatic rings. The highest BCUT2D eigenvalue weighted by Crippen LogP contribution is 2.21. The minimum atomic E-state index is -0.573. The summed E-state index contributed by atoms with van der Waals surface area (Å²) in [5.74, 6) is -0.170. The van der Waals surface area contributed by atoms with Crippen LogP contribution in [0.3, 0.4) is 0 Å². The van der Waals surface area contributed by atoms with Crippen LogP contribution in [0.1, 0.15) is 33.1 Å². The SMILES string of the molecule is CCC(C)[C@H](NC(=O)N1CCCC1)C(=O)Nc1cccc2cn[nH]c12. The molecule has 134 valence electrons. The number of carbonyl (C=O) groups excluding carboxylic acids is 2. The molecule has 1 fully saturated rings. The van der Waals surface area contributed by atoms with Crippen molar-refractivity contribution in [2.75, 3.05) is 18.4 Å². The fourth-order valence-electron chi connectivity index (χ4n) is 3.13. The lowest BCUT2D eigenvalue weighted by Crippen LogP contribution is -2.51. The molecule has 0 aliphatic carbocycles. The van der Waals surface area contributed by atoms with Gasteiger partial charge in [-0.25, -0.2) is 4.79 Å². The summed E-state index contributed by atoms with van der Waals surface area (Å²) in [6, 6.07) is 4.90. The Kier molecular flexibility index (Phi) is 5.21. The maximum atomic E-state index is 12.9. The summed E-state index contributed by atoms with van der Waals surface area (Å²) in [5, 5.41) is 13.7. The Morgan fingerprint density at radius 2 is 2.08 bits per heavy atom. The van der Waals surface area contributed by atoms with Crippen LogP contribution < -0.4 is 10.6 Å². The second kappa shape index (κ2) is 7.55. The summed E-state index contributed by atoms with van der Waals surface area (Å²) in [6.07, 6.45) is 4.56. The van der Waals surface area contributed by atoms with Crippen molar-refractivity contribution in [2.45, 2.75) is 39.2 Å². The Bertz CT molecular complexity index is 751. The molecule has 1 aromatic heterocycles. The first kappa shape index (κ1) is 17.3. The molecule has 0 saturated carbocycles. The van der Waals surface area contributed by atoms with Crippen molar-refractivity contribution in [1.82, 2.24) is 20.4 Å². The zero-order valence-corrected chi connectivity index (χ0v) is 14.7. The average Bonchev–Trinajstić information content (AvgIpc) is 3.30. The van der Waals surface area contributed by atoms with Gasteiger partial charge in [0.2, 0.25) is 5.91 Å². The summed E-state index contributed by atoms with van der Waals surface area (Å²) >= 11 is 0. The first-order valence-electron chi connectivity index (χ1n) is 8.88. The molecule has 25 heavy (non-hydrogen) atoms. The molecular weight excluding hydrogens is 318 g/mol. The minimum absolute atomic E-state index is 0.0347. The van der Waals surface area contributed by atoms with Gasteiger partial charge in [0.1, 0.15) is 6.04 Å².